The Morgan fingerprint density at radius 1 is 1.16 bits per heavy atom. The number of hydrogen-bond acceptors (Lipinski definition) is 10. The first kappa shape index (κ1) is 28.2. The number of carboxylic acid groups (broad SMARTS) is 2. The number of likely N-dealkylation sites (N-methyl/N-ethyl adjacent to an activating group) is 1. The fourth-order valence-electron chi connectivity index (χ4n) is 2.75. The molecular weight excluding hydrogens is 416 g/mol. The van der Waals surface area contributed by atoms with E-state index in [0.29, 0.717) is 12.0 Å². The minimum absolute atomic E-state index is 0. The summed E-state index contributed by atoms with van der Waals surface area (Å²) in [7, 11) is 2.01. The summed E-state index contributed by atoms with van der Waals surface area (Å²) in [5, 5.41) is 39.2. The molecule has 0 amide bonds. The van der Waals surface area contributed by atoms with E-state index in [9.17, 15) is 9.59 Å². The van der Waals surface area contributed by atoms with E-state index in [1.807, 2.05) is 13.1 Å². The molecule has 31 heavy (non-hydrogen) atoms. The van der Waals surface area contributed by atoms with Gasteiger partial charge in [-0.15, -0.1) is 0 Å². The van der Waals surface area contributed by atoms with Crippen LogP contribution in [0.15, 0.2) is 6.07 Å². The second kappa shape index (κ2) is 12.8. The Balaban J connectivity index is 0.000000654. The number of nitrogens with zero attached hydrogens (tertiary/aromatic N) is 3. The zero-order valence-corrected chi connectivity index (χ0v) is 17.2. The van der Waals surface area contributed by atoms with Crippen LogP contribution in [0.25, 0.3) is 0 Å². The molecule has 2 unspecified atom stereocenters. The SMILES string of the molecule is CN[C@@H]1CCN(c2cc(NCC3CC3)nc(N)n2)C1.O.O.O=C(O)C(O)C(O)C(=O)O. The molecule has 2 fully saturated rings. The van der Waals surface area contributed by atoms with Gasteiger partial charge in [-0.05, 0) is 32.2 Å². The molecule has 0 spiro atoms. The molecule has 1 aromatic heterocycles. The van der Waals surface area contributed by atoms with Gasteiger partial charge in [0.15, 0.2) is 12.2 Å². The summed E-state index contributed by atoms with van der Waals surface area (Å²) in [6, 6.07) is 2.55. The van der Waals surface area contributed by atoms with E-state index in [1.165, 1.54) is 12.8 Å². The molecule has 2 heterocycles. The summed E-state index contributed by atoms with van der Waals surface area (Å²) >= 11 is 0. The van der Waals surface area contributed by atoms with Gasteiger partial charge in [0.2, 0.25) is 5.95 Å². The van der Waals surface area contributed by atoms with E-state index in [-0.39, 0.29) is 11.0 Å². The first-order valence-electron chi connectivity index (χ1n) is 9.33. The third kappa shape index (κ3) is 8.85. The van der Waals surface area contributed by atoms with Crippen molar-refractivity contribution < 1.29 is 41.0 Å². The smallest absolute Gasteiger partial charge is 0.335 e. The predicted molar refractivity (Wildman–Crippen MR) is 112 cm³/mol. The second-order valence-electron chi connectivity index (χ2n) is 7.08. The van der Waals surface area contributed by atoms with Crippen molar-refractivity contribution in [3.05, 3.63) is 6.07 Å². The lowest BCUT2D eigenvalue weighted by Gasteiger charge is -2.18. The lowest BCUT2D eigenvalue weighted by Crippen LogP contribution is -2.39. The van der Waals surface area contributed by atoms with Crippen molar-refractivity contribution in [2.24, 2.45) is 5.92 Å². The molecule has 1 saturated carbocycles. The molecule has 0 radical (unpaired) electrons. The van der Waals surface area contributed by atoms with Gasteiger partial charge in [-0.1, -0.05) is 0 Å². The second-order valence-corrected chi connectivity index (χ2v) is 7.08. The Morgan fingerprint density at radius 3 is 2.19 bits per heavy atom. The summed E-state index contributed by atoms with van der Waals surface area (Å²) in [6.45, 7) is 2.99. The summed E-state index contributed by atoms with van der Waals surface area (Å²) in [5.74, 6) is -0.584. The first-order chi connectivity index (χ1) is 13.7. The third-order valence-electron chi connectivity index (χ3n) is 4.72. The predicted octanol–water partition coefficient (Wildman–Crippen LogP) is -3.09. The lowest BCUT2D eigenvalue weighted by atomic mass is 10.2. The monoisotopic (exact) mass is 448 g/mol. The molecule has 1 saturated heterocycles. The summed E-state index contributed by atoms with van der Waals surface area (Å²) < 4.78 is 0. The number of carbonyl (C=O) groups is 2. The van der Waals surface area contributed by atoms with Crippen LogP contribution in [0.1, 0.15) is 19.3 Å². The van der Waals surface area contributed by atoms with Crippen LogP contribution in [0, 0.1) is 5.92 Å². The number of aliphatic carboxylic acids is 2. The van der Waals surface area contributed by atoms with Crippen LogP contribution < -0.4 is 21.3 Å². The number of anilines is 3. The Bertz CT molecular complexity index is 702. The quantitative estimate of drug-likeness (QED) is 0.209. The number of carboxylic acids is 2. The molecule has 178 valence electrons. The van der Waals surface area contributed by atoms with Crippen LogP contribution in [0.5, 0.6) is 0 Å². The van der Waals surface area contributed by atoms with Gasteiger partial charge >= 0.3 is 11.9 Å². The van der Waals surface area contributed by atoms with Crippen LogP contribution in [-0.2, 0) is 9.59 Å². The minimum atomic E-state index is -2.27. The number of aliphatic hydroxyl groups is 2. The molecule has 14 heteroatoms. The normalized spacial score (nSPS) is 19.1. The van der Waals surface area contributed by atoms with E-state index in [1.54, 1.807) is 0 Å². The van der Waals surface area contributed by atoms with Gasteiger partial charge in [-0.2, -0.15) is 9.97 Å². The highest BCUT2D eigenvalue weighted by Gasteiger charge is 2.29. The topological polar surface area (TPSA) is 257 Å². The van der Waals surface area contributed by atoms with Gasteiger partial charge in [-0.3, -0.25) is 0 Å². The number of aromatic nitrogens is 2. The number of nitrogen functional groups attached to an aromatic ring is 1. The van der Waals surface area contributed by atoms with Crippen molar-refractivity contribution in [1.29, 1.82) is 0 Å². The van der Waals surface area contributed by atoms with E-state index in [2.05, 4.69) is 25.5 Å². The van der Waals surface area contributed by atoms with Crippen LogP contribution in [0.3, 0.4) is 0 Å². The van der Waals surface area contributed by atoms with Gasteiger partial charge in [0, 0.05) is 31.7 Å². The fourth-order valence-corrected chi connectivity index (χ4v) is 2.75. The molecule has 1 aliphatic carbocycles. The zero-order chi connectivity index (χ0) is 21.6. The maximum atomic E-state index is 9.77. The standard InChI is InChI=1S/C13H22N6.C4H6O6.2H2O/c1-15-10-4-5-19(8-10)12-6-11(17-13(14)18-12)16-7-9-2-3-9;5-1(3(7)8)2(6)4(9)10;;/h6,9-10,15H,2-5,7-8H2,1H3,(H3,14,16,17,18);1-2,5-6H,(H,7,8)(H,9,10);2*1H2/t10-;;;/m1.../s1. The third-order valence-corrected chi connectivity index (χ3v) is 4.72. The van der Waals surface area contributed by atoms with Crippen LogP contribution in [-0.4, -0.2) is 98.2 Å². The molecule has 0 bridgehead atoms. The van der Waals surface area contributed by atoms with Gasteiger partial charge in [0.05, 0.1) is 0 Å². The van der Waals surface area contributed by atoms with Crippen molar-refractivity contribution in [2.45, 2.75) is 37.5 Å². The minimum Gasteiger partial charge on any atom is -0.479 e. The van der Waals surface area contributed by atoms with Crippen molar-refractivity contribution in [2.75, 3.05) is 42.6 Å². The molecule has 0 aromatic carbocycles. The maximum absolute atomic E-state index is 9.77. The summed E-state index contributed by atoms with van der Waals surface area (Å²) in [6.07, 6.45) is -0.729. The number of nitrogens with one attached hydrogen (secondary N) is 2. The molecular formula is C17H32N6O8. The first-order valence-corrected chi connectivity index (χ1v) is 9.33. The highest BCUT2D eigenvalue weighted by molar-refractivity contribution is 5.83. The molecule has 12 N–H and O–H groups in total. The Morgan fingerprint density at radius 2 is 1.74 bits per heavy atom. The number of nitrogens with two attached hydrogens (primary N) is 1. The van der Waals surface area contributed by atoms with Gasteiger partial charge in [0.1, 0.15) is 11.6 Å². The molecule has 1 aliphatic heterocycles. The van der Waals surface area contributed by atoms with E-state index in [0.717, 1.165) is 43.6 Å². The van der Waals surface area contributed by atoms with Crippen molar-refractivity contribution in [3.8, 4) is 0 Å². The number of rotatable bonds is 8. The summed E-state index contributed by atoms with van der Waals surface area (Å²) in [4.78, 5) is 30.4. The molecule has 3 rings (SSSR count). The van der Waals surface area contributed by atoms with Crippen LogP contribution >= 0.6 is 0 Å². The van der Waals surface area contributed by atoms with Gasteiger partial charge in [-0.25, -0.2) is 9.59 Å². The molecule has 2 aliphatic rings. The summed E-state index contributed by atoms with van der Waals surface area (Å²) in [5.41, 5.74) is 5.81. The number of hydrogen-bond donors (Lipinski definition) is 7. The Hall–Kier alpha value is -2.78. The van der Waals surface area contributed by atoms with Crippen LogP contribution in [0.2, 0.25) is 0 Å². The molecule has 1 aromatic rings. The average Bonchev–Trinajstić information content (AvgIpc) is 3.39. The van der Waals surface area contributed by atoms with Crippen LogP contribution in [0.4, 0.5) is 17.6 Å². The number of aliphatic hydroxyl groups excluding tert-OH is 2. The Kier molecular flexibility index (Phi) is 11.7. The highest BCUT2D eigenvalue weighted by atomic mass is 16.4. The zero-order valence-electron chi connectivity index (χ0n) is 17.2. The highest BCUT2D eigenvalue weighted by Crippen LogP contribution is 2.29. The fraction of sp³-hybridized carbons (Fsp3) is 0.647. The van der Waals surface area contributed by atoms with Gasteiger partial charge in [0.25, 0.3) is 0 Å². The van der Waals surface area contributed by atoms with Crippen molar-refractivity contribution in [3.63, 3.8) is 0 Å². The maximum Gasteiger partial charge on any atom is 0.335 e. The van der Waals surface area contributed by atoms with Crippen molar-refractivity contribution >= 4 is 29.5 Å². The van der Waals surface area contributed by atoms with E-state index < -0.39 is 24.1 Å². The lowest BCUT2D eigenvalue weighted by molar-refractivity contribution is -0.165. The molecule has 3 atom stereocenters. The van der Waals surface area contributed by atoms with E-state index >= 15 is 0 Å². The molecule has 14 nitrogen and oxygen atoms in total. The Labute approximate surface area is 178 Å². The van der Waals surface area contributed by atoms with E-state index in [4.69, 9.17) is 26.2 Å². The van der Waals surface area contributed by atoms with Gasteiger partial charge < -0.3 is 52.6 Å². The average molecular weight is 448 g/mol. The van der Waals surface area contributed by atoms with Crippen molar-refractivity contribution in [1.82, 2.24) is 15.3 Å². The largest absolute Gasteiger partial charge is 0.479 e.